The fourth-order valence-corrected chi connectivity index (χ4v) is 3.76. The Kier molecular flexibility index (Phi) is 5.56. The second-order valence-corrected chi connectivity index (χ2v) is 6.89. The van der Waals surface area contributed by atoms with Crippen molar-refractivity contribution in [1.82, 2.24) is 14.8 Å². The van der Waals surface area contributed by atoms with Gasteiger partial charge >= 0.3 is 0 Å². The van der Waals surface area contributed by atoms with Gasteiger partial charge in [-0.05, 0) is 30.2 Å². The van der Waals surface area contributed by atoms with E-state index in [1.54, 1.807) is 6.07 Å². The van der Waals surface area contributed by atoms with Crippen LogP contribution in [0, 0.1) is 12.7 Å². The maximum atomic E-state index is 13.2. The van der Waals surface area contributed by atoms with Crippen LogP contribution >= 0.6 is 23.4 Å². The third-order valence-corrected chi connectivity index (χ3v) is 5.15. The third-order valence-electron chi connectivity index (χ3n) is 3.79. The Bertz CT molecular complexity index is 907. The molecule has 3 rings (SSSR count). The third kappa shape index (κ3) is 3.94. The van der Waals surface area contributed by atoms with Gasteiger partial charge < -0.3 is 0 Å². The van der Waals surface area contributed by atoms with Gasteiger partial charge in [0.05, 0.1) is 0 Å². The molecule has 3 nitrogen and oxygen atoms in total. The zero-order valence-corrected chi connectivity index (χ0v) is 15.3. The van der Waals surface area contributed by atoms with Crippen molar-refractivity contribution >= 4 is 23.4 Å². The topological polar surface area (TPSA) is 30.7 Å². The molecule has 128 valence electrons. The normalized spacial score (nSPS) is 10.8. The van der Waals surface area contributed by atoms with Gasteiger partial charge in [-0.25, -0.2) is 4.39 Å². The predicted molar refractivity (Wildman–Crippen MR) is 101 cm³/mol. The first kappa shape index (κ1) is 17.7. The number of allylic oxidation sites excluding steroid dienone is 1. The van der Waals surface area contributed by atoms with Crippen LogP contribution in [0.5, 0.6) is 0 Å². The van der Waals surface area contributed by atoms with Crippen LogP contribution in [0.3, 0.4) is 0 Å². The molecule has 3 aromatic rings. The lowest BCUT2D eigenvalue weighted by atomic mass is 10.1. The van der Waals surface area contributed by atoms with Crippen LogP contribution in [0.25, 0.3) is 11.4 Å². The highest BCUT2D eigenvalue weighted by Crippen LogP contribution is 2.30. The lowest BCUT2D eigenvalue weighted by molar-refractivity contribution is 0.627. The second-order valence-electron chi connectivity index (χ2n) is 5.54. The van der Waals surface area contributed by atoms with Crippen molar-refractivity contribution in [3.05, 3.63) is 77.1 Å². The Labute approximate surface area is 155 Å². The van der Waals surface area contributed by atoms with Gasteiger partial charge in [0.1, 0.15) is 5.82 Å². The maximum absolute atomic E-state index is 13.2. The van der Waals surface area contributed by atoms with Crippen LogP contribution in [0.15, 0.2) is 60.3 Å². The van der Waals surface area contributed by atoms with Gasteiger partial charge in [-0.1, -0.05) is 59.8 Å². The lowest BCUT2D eigenvalue weighted by Gasteiger charge is -2.10. The summed E-state index contributed by atoms with van der Waals surface area (Å²) in [6.07, 6.45) is 1.82. The molecule has 6 heteroatoms. The molecule has 0 bridgehead atoms. The molecule has 0 atom stereocenters. The van der Waals surface area contributed by atoms with E-state index in [1.165, 1.54) is 23.9 Å². The van der Waals surface area contributed by atoms with Gasteiger partial charge in [0.15, 0.2) is 11.0 Å². The first-order valence-corrected chi connectivity index (χ1v) is 9.13. The molecule has 1 heterocycles. The van der Waals surface area contributed by atoms with Crippen LogP contribution in [0.4, 0.5) is 4.39 Å². The van der Waals surface area contributed by atoms with Gasteiger partial charge in [0, 0.05) is 22.9 Å². The van der Waals surface area contributed by atoms with E-state index in [2.05, 4.69) is 16.8 Å². The van der Waals surface area contributed by atoms with E-state index in [9.17, 15) is 4.39 Å². The minimum atomic E-state index is -0.338. The van der Waals surface area contributed by atoms with Crippen molar-refractivity contribution in [2.75, 3.05) is 0 Å². The van der Waals surface area contributed by atoms with Crippen molar-refractivity contribution < 1.29 is 4.39 Å². The Balaban J connectivity index is 1.89. The Morgan fingerprint density at radius 1 is 1.24 bits per heavy atom. The van der Waals surface area contributed by atoms with E-state index < -0.39 is 0 Å². The Morgan fingerprint density at radius 3 is 2.76 bits per heavy atom. The SMILES string of the molecule is C=CCn1c(SCc2ccc(F)cc2Cl)nnc1-c1ccccc1C. The molecule has 0 amide bonds. The molecule has 0 spiro atoms. The minimum absolute atomic E-state index is 0.338. The lowest BCUT2D eigenvalue weighted by Crippen LogP contribution is -2.01. The number of hydrogen-bond donors (Lipinski definition) is 0. The van der Waals surface area contributed by atoms with Gasteiger partial charge in [0.2, 0.25) is 0 Å². The average Bonchev–Trinajstić information content (AvgIpc) is 2.98. The molecule has 0 aliphatic carbocycles. The number of benzene rings is 2. The summed E-state index contributed by atoms with van der Waals surface area (Å²) < 4.78 is 15.2. The summed E-state index contributed by atoms with van der Waals surface area (Å²) >= 11 is 7.62. The number of aromatic nitrogens is 3. The monoisotopic (exact) mass is 373 g/mol. The molecular formula is C19H17ClFN3S. The number of nitrogens with zero attached hydrogens (tertiary/aromatic N) is 3. The molecule has 0 fully saturated rings. The zero-order chi connectivity index (χ0) is 17.8. The smallest absolute Gasteiger partial charge is 0.192 e. The van der Waals surface area contributed by atoms with Crippen LogP contribution < -0.4 is 0 Å². The van der Waals surface area contributed by atoms with Crippen molar-refractivity contribution in [3.63, 3.8) is 0 Å². The molecule has 0 aliphatic heterocycles. The molecule has 0 saturated heterocycles. The number of thioether (sulfide) groups is 1. The van der Waals surface area contributed by atoms with E-state index in [0.29, 0.717) is 17.3 Å². The molecule has 25 heavy (non-hydrogen) atoms. The largest absolute Gasteiger partial charge is 0.298 e. The van der Waals surface area contributed by atoms with Crippen LogP contribution in [-0.4, -0.2) is 14.8 Å². The molecule has 0 unspecified atom stereocenters. The van der Waals surface area contributed by atoms with Gasteiger partial charge in [-0.3, -0.25) is 4.57 Å². The van der Waals surface area contributed by atoms with Crippen molar-refractivity contribution in [1.29, 1.82) is 0 Å². The second kappa shape index (κ2) is 7.85. The molecule has 0 aliphatic rings. The molecular weight excluding hydrogens is 357 g/mol. The molecule has 2 aromatic carbocycles. The summed E-state index contributed by atoms with van der Waals surface area (Å²) in [4.78, 5) is 0. The highest BCUT2D eigenvalue weighted by atomic mass is 35.5. The molecule has 0 N–H and O–H groups in total. The quantitative estimate of drug-likeness (QED) is 0.420. The summed E-state index contributed by atoms with van der Waals surface area (Å²) in [6.45, 7) is 6.48. The van der Waals surface area contributed by atoms with Crippen molar-refractivity contribution in [2.24, 2.45) is 0 Å². The van der Waals surface area contributed by atoms with E-state index in [1.807, 2.05) is 41.8 Å². The number of halogens is 2. The molecule has 0 saturated carbocycles. The molecule has 1 aromatic heterocycles. The summed E-state index contributed by atoms with van der Waals surface area (Å²) in [5, 5.41) is 9.89. The predicted octanol–water partition coefficient (Wildman–Crippen LogP) is 5.52. The summed E-state index contributed by atoms with van der Waals surface area (Å²) in [5.41, 5.74) is 3.04. The van der Waals surface area contributed by atoms with Gasteiger partial charge in [0.25, 0.3) is 0 Å². The first-order valence-electron chi connectivity index (χ1n) is 7.77. The average molecular weight is 374 g/mol. The van der Waals surface area contributed by atoms with Crippen LogP contribution in [-0.2, 0) is 12.3 Å². The zero-order valence-electron chi connectivity index (χ0n) is 13.7. The minimum Gasteiger partial charge on any atom is -0.298 e. The van der Waals surface area contributed by atoms with Gasteiger partial charge in [-0.15, -0.1) is 16.8 Å². The summed E-state index contributed by atoms with van der Waals surface area (Å²) in [7, 11) is 0. The van der Waals surface area contributed by atoms with Crippen LogP contribution in [0.2, 0.25) is 5.02 Å². The fourth-order valence-electron chi connectivity index (χ4n) is 2.49. The standard InChI is InChI=1S/C19H17ClFN3S/c1-3-10-24-18(16-7-5-4-6-13(16)2)22-23-19(24)25-12-14-8-9-15(21)11-17(14)20/h3-9,11H,1,10,12H2,2H3. The fraction of sp³-hybridized carbons (Fsp3) is 0.158. The van der Waals surface area contributed by atoms with Crippen molar-refractivity contribution in [3.8, 4) is 11.4 Å². The van der Waals surface area contributed by atoms with E-state index in [4.69, 9.17) is 11.6 Å². The molecule has 0 radical (unpaired) electrons. The van der Waals surface area contributed by atoms with E-state index in [0.717, 1.165) is 27.7 Å². The summed E-state index contributed by atoms with van der Waals surface area (Å²) in [6, 6.07) is 12.5. The maximum Gasteiger partial charge on any atom is 0.192 e. The summed E-state index contributed by atoms with van der Waals surface area (Å²) in [5.74, 6) is 1.06. The van der Waals surface area contributed by atoms with E-state index in [-0.39, 0.29) is 5.82 Å². The van der Waals surface area contributed by atoms with Crippen molar-refractivity contribution in [2.45, 2.75) is 24.4 Å². The highest BCUT2D eigenvalue weighted by molar-refractivity contribution is 7.98. The highest BCUT2D eigenvalue weighted by Gasteiger charge is 2.15. The number of rotatable bonds is 6. The van der Waals surface area contributed by atoms with Gasteiger partial charge in [-0.2, -0.15) is 0 Å². The Morgan fingerprint density at radius 2 is 2.04 bits per heavy atom. The van der Waals surface area contributed by atoms with E-state index >= 15 is 0 Å². The Hall–Kier alpha value is -2.11. The van der Waals surface area contributed by atoms with Crippen LogP contribution in [0.1, 0.15) is 11.1 Å². The number of aryl methyl sites for hydroxylation is 1. The number of hydrogen-bond acceptors (Lipinski definition) is 3. The first-order chi connectivity index (χ1) is 12.1.